The molecule has 0 unspecified atom stereocenters. The number of amides is 1. The van der Waals surface area contributed by atoms with Crippen LogP contribution in [0.5, 0.6) is 5.75 Å². The van der Waals surface area contributed by atoms with Gasteiger partial charge in [0.15, 0.2) is 0 Å². The molecule has 0 bridgehead atoms. The average Bonchev–Trinajstić information content (AvgIpc) is 2.92. The first kappa shape index (κ1) is 17.4. The molecule has 0 aliphatic carbocycles. The normalized spacial score (nSPS) is 15.3. The van der Waals surface area contributed by atoms with Crippen LogP contribution in [0.2, 0.25) is 0 Å². The van der Waals surface area contributed by atoms with E-state index in [4.69, 9.17) is 9.84 Å². The second kappa shape index (κ2) is 7.23. The second-order valence-electron chi connectivity index (χ2n) is 5.72. The van der Waals surface area contributed by atoms with Crippen LogP contribution in [-0.4, -0.2) is 29.3 Å². The van der Waals surface area contributed by atoms with Crippen LogP contribution in [0.3, 0.4) is 0 Å². The quantitative estimate of drug-likeness (QED) is 0.836. The summed E-state index contributed by atoms with van der Waals surface area (Å²) in [5.41, 5.74) is 2.42. The molecule has 0 saturated carbocycles. The van der Waals surface area contributed by atoms with Crippen molar-refractivity contribution in [2.24, 2.45) is 5.10 Å². The van der Waals surface area contributed by atoms with E-state index in [1.807, 2.05) is 31.2 Å². The standard InChI is InChI=1S/C20H18N2O4/c1-3-26-17-9-7-14(8-10-17)11-18-13(2)21-22(19(18)23)16-6-4-5-15(12-16)20(24)25/h4-12H,3H2,1-2H3,(H,24,25)/b18-11-. The van der Waals surface area contributed by atoms with Crippen molar-refractivity contribution in [2.75, 3.05) is 11.6 Å². The van der Waals surface area contributed by atoms with Crippen molar-refractivity contribution in [1.29, 1.82) is 0 Å². The van der Waals surface area contributed by atoms with Crippen molar-refractivity contribution in [3.05, 3.63) is 65.2 Å². The van der Waals surface area contributed by atoms with Gasteiger partial charge in [0.25, 0.3) is 5.91 Å². The highest BCUT2D eigenvalue weighted by Crippen LogP contribution is 2.26. The van der Waals surface area contributed by atoms with Gasteiger partial charge in [-0.05, 0) is 55.8 Å². The Hall–Kier alpha value is -3.41. The monoisotopic (exact) mass is 350 g/mol. The molecule has 2 aromatic carbocycles. The van der Waals surface area contributed by atoms with E-state index < -0.39 is 5.97 Å². The van der Waals surface area contributed by atoms with E-state index >= 15 is 0 Å². The van der Waals surface area contributed by atoms with E-state index in [1.165, 1.54) is 17.1 Å². The van der Waals surface area contributed by atoms with Gasteiger partial charge in [-0.1, -0.05) is 18.2 Å². The number of carboxylic acid groups (broad SMARTS) is 1. The van der Waals surface area contributed by atoms with Gasteiger partial charge >= 0.3 is 5.97 Å². The Morgan fingerprint density at radius 1 is 1.23 bits per heavy atom. The summed E-state index contributed by atoms with van der Waals surface area (Å²) in [7, 11) is 0. The summed E-state index contributed by atoms with van der Waals surface area (Å²) in [4.78, 5) is 23.9. The molecule has 0 atom stereocenters. The van der Waals surface area contributed by atoms with Crippen molar-refractivity contribution >= 4 is 29.4 Å². The third kappa shape index (κ3) is 3.49. The molecule has 1 N–H and O–H groups in total. The Labute approximate surface area is 151 Å². The number of carbonyl (C=O) groups excluding carboxylic acids is 1. The predicted molar refractivity (Wildman–Crippen MR) is 99.6 cm³/mol. The van der Waals surface area contributed by atoms with Gasteiger partial charge in [0.2, 0.25) is 0 Å². The number of aromatic carboxylic acids is 1. The number of carboxylic acids is 1. The lowest BCUT2D eigenvalue weighted by molar-refractivity contribution is -0.114. The molecule has 0 spiro atoms. The van der Waals surface area contributed by atoms with Gasteiger partial charge in [-0.25, -0.2) is 4.79 Å². The summed E-state index contributed by atoms with van der Waals surface area (Å²) in [6.07, 6.45) is 1.76. The number of hydrazone groups is 1. The van der Waals surface area contributed by atoms with Crippen molar-refractivity contribution in [2.45, 2.75) is 13.8 Å². The van der Waals surface area contributed by atoms with E-state index in [9.17, 15) is 9.59 Å². The van der Waals surface area contributed by atoms with Crippen LogP contribution < -0.4 is 9.75 Å². The highest BCUT2D eigenvalue weighted by Gasteiger charge is 2.29. The van der Waals surface area contributed by atoms with Crippen molar-refractivity contribution in [1.82, 2.24) is 0 Å². The van der Waals surface area contributed by atoms with Crippen LogP contribution in [0.15, 0.2) is 59.2 Å². The fourth-order valence-electron chi connectivity index (χ4n) is 2.62. The van der Waals surface area contributed by atoms with E-state index in [0.717, 1.165) is 11.3 Å². The van der Waals surface area contributed by atoms with E-state index in [-0.39, 0.29) is 11.5 Å². The highest BCUT2D eigenvalue weighted by atomic mass is 16.5. The van der Waals surface area contributed by atoms with E-state index in [1.54, 1.807) is 25.1 Å². The zero-order chi connectivity index (χ0) is 18.7. The Morgan fingerprint density at radius 2 is 1.96 bits per heavy atom. The smallest absolute Gasteiger partial charge is 0.335 e. The van der Waals surface area contributed by atoms with Crippen LogP contribution >= 0.6 is 0 Å². The predicted octanol–water partition coefficient (Wildman–Crippen LogP) is 3.59. The Bertz CT molecular complexity index is 914. The molecule has 0 fully saturated rings. The van der Waals surface area contributed by atoms with Crippen LogP contribution in [0.25, 0.3) is 6.08 Å². The van der Waals surface area contributed by atoms with Gasteiger partial charge in [-0.3, -0.25) is 4.79 Å². The molecule has 2 aromatic rings. The highest BCUT2D eigenvalue weighted by molar-refractivity contribution is 6.32. The fourth-order valence-corrected chi connectivity index (χ4v) is 2.62. The molecule has 6 nitrogen and oxygen atoms in total. The number of ether oxygens (including phenoxy) is 1. The third-order valence-electron chi connectivity index (χ3n) is 3.90. The Morgan fingerprint density at radius 3 is 2.62 bits per heavy atom. The van der Waals surface area contributed by atoms with Gasteiger partial charge in [0.05, 0.1) is 29.1 Å². The summed E-state index contributed by atoms with van der Waals surface area (Å²) in [5, 5.41) is 14.6. The first-order valence-corrected chi connectivity index (χ1v) is 8.17. The molecule has 0 saturated heterocycles. The molecule has 6 heteroatoms. The molecule has 26 heavy (non-hydrogen) atoms. The molecule has 1 heterocycles. The van der Waals surface area contributed by atoms with Gasteiger partial charge in [-0.2, -0.15) is 10.1 Å². The largest absolute Gasteiger partial charge is 0.494 e. The average molecular weight is 350 g/mol. The minimum atomic E-state index is -1.05. The Balaban J connectivity index is 1.88. The van der Waals surface area contributed by atoms with Gasteiger partial charge in [0.1, 0.15) is 5.75 Å². The summed E-state index contributed by atoms with van der Waals surface area (Å²) in [6.45, 7) is 4.26. The number of hydrogen-bond acceptors (Lipinski definition) is 4. The summed E-state index contributed by atoms with van der Waals surface area (Å²) in [6, 6.07) is 13.6. The number of anilines is 1. The molecular formula is C20H18N2O4. The first-order valence-electron chi connectivity index (χ1n) is 8.17. The number of benzene rings is 2. The van der Waals surface area contributed by atoms with Crippen molar-refractivity contribution in [3.8, 4) is 5.75 Å². The zero-order valence-corrected chi connectivity index (χ0v) is 14.5. The topological polar surface area (TPSA) is 79.2 Å². The number of rotatable bonds is 5. The second-order valence-corrected chi connectivity index (χ2v) is 5.72. The maximum atomic E-state index is 12.7. The molecule has 3 rings (SSSR count). The molecule has 1 aliphatic heterocycles. The SMILES string of the molecule is CCOc1ccc(/C=C2\C(=O)N(c3cccc(C(=O)O)c3)N=C2C)cc1. The first-order chi connectivity index (χ1) is 12.5. The lowest BCUT2D eigenvalue weighted by Gasteiger charge is -2.12. The molecule has 0 radical (unpaired) electrons. The van der Waals surface area contributed by atoms with Crippen LogP contribution in [0, 0.1) is 0 Å². The zero-order valence-electron chi connectivity index (χ0n) is 14.5. The fraction of sp³-hybridized carbons (Fsp3) is 0.150. The minimum absolute atomic E-state index is 0.104. The summed E-state index contributed by atoms with van der Waals surface area (Å²) < 4.78 is 5.41. The van der Waals surface area contributed by atoms with Gasteiger partial charge in [0, 0.05) is 0 Å². The lowest BCUT2D eigenvalue weighted by atomic mass is 10.1. The van der Waals surface area contributed by atoms with E-state index in [0.29, 0.717) is 23.6 Å². The lowest BCUT2D eigenvalue weighted by Crippen LogP contribution is -2.21. The Kier molecular flexibility index (Phi) is 4.84. The molecule has 132 valence electrons. The van der Waals surface area contributed by atoms with E-state index in [2.05, 4.69) is 5.10 Å². The van der Waals surface area contributed by atoms with Gasteiger partial charge in [-0.15, -0.1) is 0 Å². The molecule has 0 aromatic heterocycles. The van der Waals surface area contributed by atoms with Crippen LogP contribution in [0.1, 0.15) is 29.8 Å². The van der Waals surface area contributed by atoms with Crippen LogP contribution in [0.4, 0.5) is 5.69 Å². The summed E-state index contributed by atoms with van der Waals surface area (Å²) in [5.74, 6) is -0.576. The maximum Gasteiger partial charge on any atom is 0.335 e. The number of hydrogen-bond donors (Lipinski definition) is 1. The minimum Gasteiger partial charge on any atom is -0.494 e. The van der Waals surface area contributed by atoms with Crippen molar-refractivity contribution in [3.63, 3.8) is 0 Å². The number of nitrogens with zero attached hydrogens (tertiary/aromatic N) is 2. The molecular weight excluding hydrogens is 332 g/mol. The maximum absolute atomic E-state index is 12.7. The number of carbonyl (C=O) groups is 2. The summed E-state index contributed by atoms with van der Waals surface area (Å²) >= 11 is 0. The third-order valence-corrected chi connectivity index (χ3v) is 3.90. The van der Waals surface area contributed by atoms with Crippen molar-refractivity contribution < 1.29 is 19.4 Å². The molecule has 1 amide bonds. The van der Waals surface area contributed by atoms with Crippen LogP contribution in [-0.2, 0) is 4.79 Å². The molecule has 1 aliphatic rings. The van der Waals surface area contributed by atoms with Gasteiger partial charge < -0.3 is 9.84 Å².